The van der Waals surface area contributed by atoms with E-state index in [1.807, 2.05) is 0 Å². The van der Waals surface area contributed by atoms with Crippen molar-refractivity contribution in [2.75, 3.05) is 13.2 Å². The van der Waals surface area contributed by atoms with Crippen LogP contribution >= 0.6 is 23.5 Å². The Labute approximate surface area is 162 Å². The molecule has 0 aliphatic rings. The molecule has 2 rings (SSSR count). The summed E-state index contributed by atoms with van der Waals surface area (Å²) < 4.78 is 53.0. The maximum absolute atomic E-state index is 13.3. The predicted molar refractivity (Wildman–Crippen MR) is 105 cm³/mol. The monoisotopic (exact) mass is 461 g/mol. The van der Waals surface area contributed by atoms with E-state index < -0.39 is 23.4 Å². The van der Waals surface area contributed by atoms with E-state index in [1.165, 1.54) is 12.1 Å². The van der Waals surface area contributed by atoms with Crippen molar-refractivity contribution in [2.45, 2.75) is 24.5 Å². The summed E-state index contributed by atoms with van der Waals surface area (Å²) in [6.45, 7) is 3.61. The summed E-state index contributed by atoms with van der Waals surface area (Å²) in [5.41, 5.74) is 0.499. The van der Waals surface area contributed by atoms with E-state index in [-0.39, 0.29) is 18.1 Å². The van der Waals surface area contributed by atoms with Crippen LogP contribution in [0.4, 0.5) is 0 Å². The van der Waals surface area contributed by atoms with Gasteiger partial charge in [-0.15, -0.1) is 0 Å². The molecule has 1 unspecified atom stereocenters. The highest BCUT2D eigenvalue weighted by molar-refractivity contribution is 9.10. The zero-order valence-electron chi connectivity index (χ0n) is 14.5. The lowest BCUT2D eigenvalue weighted by Crippen LogP contribution is -2.30. The Morgan fingerprint density at radius 2 is 1.54 bits per heavy atom. The average Bonchev–Trinajstić information content (AvgIpc) is 2.61. The lowest BCUT2D eigenvalue weighted by atomic mass is 10.2. The number of hydrogen-bond donors (Lipinski definition) is 1. The number of halogens is 1. The Morgan fingerprint density at radius 1 is 1.00 bits per heavy atom. The Hall–Kier alpha value is -1.02. The lowest BCUT2D eigenvalue weighted by Gasteiger charge is -2.27. The van der Waals surface area contributed by atoms with Crippen molar-refractivity contribution in [1.82, 2.24) is 4.72 Å². The molecular weight excluding hydrogens is 441 g/mol. The highest BCUT2D eigenvalue weighted by Gasteiger charge is 2.40. The van der Waals surface area contributed by atoms with Gasteiger partial charge in [-0.1, -0.05) is 46.3 Å². The summed E-state index contributed by atoms with van der Waals surface area (Å²) in [6.07, 6.45) is 0. The van der Waals surface area contributed by atoms with Crippen LogP contribution in [-0.4, -0.2) is 21.6 Å². The maximum Gasteiger partial charge on any atom is 0.352 e. The van der Waals surface area contributed by atoms with Crippen LogP contribution in [0.25, 0.3) is 0 Å². The molecule has 2 aromatic carbocycles. The van der Waals surface area contributed by atoms with Crippen molar-refractivity contribution in [3.05, 3.63) is 64.6 Å². The van der Waals surface area contributed by atoms with Gasteiger partial charge in [-0.2, -0.15) is 4.72 Å². The summed E-state index contributed by atoms with van der Waals surface area (Å²) in [6, 6.07) is 14.8. The summed E-state index contributed by atoms with van der Waals surface area (Å²) >= 11 is 3.27. The molecule has 0 spiro atoms. The van der Waals surface area contributed by atoms with Crippen LogP contribution in [-0.2, 0) is 23.6 Å². The Kier molecular flexibility index (Phi) is 7.58. The van der Waals surface area contributed by atoms with Crippen molar-refractivity contribution in [3.8, 4) is 0 Å². The molecule has 2 aromatic rings. The third-order valence-corrected chi connectivity index (χ3v) is 7.88. The molecule has 142 valence electrons. The fraction of sp³-hybridized carbons (Fsp3) is 0.294. The van der Waals surface area contributed by atoms with E-state index >= 15 is 0 Å². The van der Waals surface area contributed by atoms with E-state index in [4.69, 9.17) is 9.05 Å². The minimum absolute atomic E-state index is 0.0566. The molecule has 0 aliphatic carbocycles. The van der Waals surface area contributed by atoms with Gasteiger partial charge in [0.05, 0.1) is 18.1 Å². The molecule has 0 heterocycles. The van der Waals surface area contributed by atoms with Crippen molar-refractivity contribution in [1.29, 1.82) is 0 Å². The van der Waals surface area contributed by atoms with Crippen LogP contribution in [0.15, 0.2) is 64.0 Å². The quantitative estimate of drug-likeness (QED) is 0.547. The summed E-state index contributed by atoms with van der Waals surface area (Å²) in [7, 11) is -7.72. The van der Waals surface area contributed by atoms with Gasteiger partial charge in [0.15, 0.2) is 0 Å². The maximum atomic E-state index is 13.3. The third-order valence-electron chi connectivity index (χ3n) is 3.44. The van der Waals surface area contributed by atoms with Crippen LogP contribution in [0.1, 0.15) is 25.2 Å². The van der Waals surface area contributed by atoms with Crippen molar-refractivity contribution in [2.24, 2.45) is 0 Å². The molecule has 0 fully saturated rings. The molecule has 0 saturated carbocycles. The third kappa shape index (κ3) is 5.25. The second-order valence-electron chi connectivity index (χ2n) is 5.26. The Morgan fingerprint density at radius 3 is 2.04 bits per heavy atom. The molecule has 1 atom stereocenters. The van der Waals surface area contributed by atoms with Gasteiger partial charge < -0.3 is 9.05 Å². The van der Waals surface area contributed by atoms with Gasteiger partial charge in [0, 0.05) is 4.47 Å². The fourth-order valence-electron chi connectivity index (χ4n) is 2.33. The molecule has 0 aliphatic heterocycles. The van der Waals surface area contributed by atoms with Gasteiger partial charge in [0.2, 0.25) is 10.0 Å². The predicted octanol–water partition coefficient (Wildman–Crippen LogP) is 4.69. The Balaban J connectivity index is 2.47. The van der Waals surface area contributed by atoms with Gasteiger partial charge in [0.1, 0.15) is 5.78 Å². The largest absolute Gasteiger partial charge is 0.352 e. The second kappa shape index (κ2) is 9.26. The number of nitrogens with one attached hydrogen (secondary N) is 1. The normalized spacial score (nSPS) is 13.5. The molecule has 0 radical (unpaired) electrons. The SMILES string of the molecule is CCOP(=O)(OCC)C(NS(=O)(=O)c1ccc(Br)cc1)c1ccccc1. The van der Waals surface area contributed by atoms with E-state index in [1.54, 1.807) is 56.3 Å². The summed E-state index contributed by atoms with van der Waals surface area (Å²) in [5, 5.41) is 0. The molecule has 9 heteroatoms. The fourth-order valence-corrected chi connectivity index (χ4v) is 6.21. The van der Waals surface area contributed by atoms with Gasteiger partial charge >= 0.3 is 7.60 Å². The highest BCUT2D eigenvalue weighted by atomic mass is 79.9. The summed E-state index contributed by atoms with van der Waals surface area (Å²) in [4.78, 5) is 0.0566. The van der Waals surface area contributed by atoms with Crippen LogP contribution in [0.3, 0.4) is 0 Å². The molecule has 1 N–H and O–H groups in total. The van der Waals surface area contributed by atoms with Gasteiger partial charge in [-0.05, 0) is 43.7 Å². The van der Waals surface area contributed by atoms with Gasteiger partial charge in [0.25, 0.3) is 0 Å². The average molecular weight is 462 g/mol. The zero-order chi connectivity index (χ0) is 19.2. The molecule has 0 bridgehead atoms. The number of benzene rings is 2. The second-order valence-corrected chi connectivity index (χ2v) is 10.0. The summed E-state index contributed by atoms with van der Waals surface area (Å²) in [5.74, 6) is -1.16. The molecule has 0 amide bonds. The first-order valence-corrected chi connectivity index (χ1v) is 11.9. The minimum Gasteiger partial charge on any atom is -0.308 e. The molecule has 26 heavy (non-hydrogen) atoms. The van der Waals surface area contributed by atoms with Gasteiger partial charge in [-0.3, -0.25) is 4.57 Å². The lowest BCUT2D eigenvalue weighted by molar-refractivity contribution is 0.210. The van der Waals surface area contributed by atoms with Crippen LogP contribution < -0.4 is 4.72 Å². The first-order chi connectivity index (χ1) is 12.3. The molecule has 0 aromatic heterocycles. The topological polar surface area (TPSA) is 81.7 Å². The number of rotatable bonds is 9. The van der Waals surface area contributed by atoms with E-state index in [2.05, 4.69) is 20.7 Å². The first-order valence-electron chi connectivity index (χ1n) is 8.04. The van der Waals surface area contributed by atoms with Crippen LogP contribution in [0, 0.1) is 0 Å². The van der Waals surface area contributed by atoms with Gasteiger partial charge in [-0.25, -0.2) is 8.42 Å². The van der Waals surface area contributed by atoms with Crippen molar-refractivity contribution >= 4 is 33.5 Å². The smallest absolute Gasteiger partial charge is 0.308 e. The van der Waals surface area contributed by atoms with E-state index in [9.17, 15) is 13.0 Å². The number of hydrogen-bond acceptors (Lipinski definition) is 5. The van der Waals surface area contributed by atoms with Crippen molar-refractivity contribution < 1.29 is 22.0 Å². The first kappa shape index (κ1) is 21.3. The van der Waals surface area contributed by atoms with Crippen LogP contribution in [0.5, 0.6) is 0 Å². The Bertz CT molecular complexity index is 848. The standard InChI is InChI=1S/C17H21BrNO5PS/c1-3-23-25(20,24-4-2)17(14-8-6-5-7-9-14)19-26(21,22)16-12-10-15(18)11-13-16/h5-13,17,19H,3-4H2,1-2H3. The highest BCUT2D eigenvalue weighted by Crippen LogP contribution is 2.59. The molecule has 6 nitrogen and oxygen atoms in total. The molecule has 0 saturated heterocycles. The molecular formula is C17H21BrNO5PS. The number of sulfonamides is 1. The van der Waals surface area contributed by atoms with E-state index in [0.29, 0.717) is 5.56 Å². The van der Waals surface area contributed by atoms with Crippen LogP contribution in [0.2, 0.25) is 0 Å². The van der Waals surface area contributed by atoms with E-state index in [0.717, 1.165) is 4.47 Å². The minimum atomic E-state index is -3.95. The van der Waals surface area contributed by atoms with Crippen molar-refractivity contribution in [3.63, 3.8) is 0 Å². The zero-order valence-corrected chi connectivity index (χ0v) is 17.8.